The van der Waals surface area contributed by atoms with Crippen LogP contribution in [0.3, 0.4) is 0 Å². The molecule has 3 rings (SSSR count). The van der Waals surface area contributed by atoms with Gasteiger partial charge < -0.3 is 9.30 Å². The highest BCUT2D eigenvalue weighted by atomic mass is 16.5. The second kappa shape index (κ2) is 11.0. The number of hydrogen-bond acceptors (Lipinski definition) is 2. The van der Waals surface area contributed by atoms with E-state index in [2.05, 4.69) is 73.9 Å². The van der Waals surface area contributed by atoms with Crippen LogP contribution < -0.4 is 4.74 Å². The predicted octanol–water partition coefficient (Wildman–Crippen LogP) is 7.49. The van der Waals surface area contributed by atoms with Gasteiger partial charge in [0.15, 0.2) is 0 Å². The quantitative estimate of drug-likeness (QED) is 0.299. The summed E-state index contributed by atoms with van der Waals surface area (Å²) in [5.74, 6) is 2.46. The number of nitrogens with zero attached hydrogens (tertiary/aromatic N) is 2. The lowest BCUT2D eigenvalue weighted by Gasteiger charge is -2.11. The van der Waals surface area contributed by atoms with Gasteiger partial charge in [-0.3, -0.25) is 0 Å². The molecule has 2 aromatic carbocycles. The molecule has 3 aromatic rings. The van der Waals surface area contributed by atoms with E-state index in [9.17, 15) is 0 Å². The molecule has 0 bridgehead atoms. The summed E-state index contributed by atoms with van der Waals surface area (Å²) in [7, 11) is 0. The Bertz CT molecular complexity index is 864. The first-order valence-electron chi connectivity index (χ1n) is 11.4. The number of rotatable bonds is 12. The van der Waals surface area contributed by atoms with Crippen molar-refractivity contribution in [2.45, 2.75) is 84.8 Å². The Hall–Kier alpha value is -2.29. The number of hydrogen-bond donors (Lipinski definition) is 0. The minimum absolute atomic E-state index is 0.506. The largest absolute Gasteiger partial charge is 0.486 e. The lowest BCUT2D eigenvalue weighted by Crippen LogP contribution is -2.07. The molecule has 29 heavy (non-hydrogen) atoms. The molecule has 0 aliphatic carbocycles. The third kappa shape index (κ3) is 6.09. The van der Waals surface area contributed by atoms with E-state index in [1.807, 2.05) is 0 Å². The van der Waals surface area contributed by atoms with Gasteiger partial charge in [0.05, 0.1) is 11.0 Å². The Balaban J connectivity index is 1.61. The van der Waals surface area contributed by atoms with Crippen LogP contribution in [-0.2, 0) is 13.2 Å². The molecular formula is C26H36N2O. The van der Waals surface area contributed by atoms with E-state index in [-0.39, 0.29) is 0 Å². The standard InChI is InChI=1S/C26H36N2O/c1-4-5-6-7-8-9-12-19-28-25-14-11-10-13-24(25)27-26(28)20-29-23-17-15-22(16-18-23)21(2)3/h10-11,13-18,21H,4-9,12,19-20H2,1-3H3. The van der Waals surface area contributed by atoms with Crippen molar-refractivity contribution in [3.05, 3.63) is 59.9 Å². The van der Waals surface area contributed by atoms with Crippen molar-refractivity contribution in [3.8, 4) is 5.75 Å². The van der Waals surface area contributed by atoms with Crippen LogP contribution in [0.4, 0.5) is 0 Å². The van der Waals surface area contributed by atoms with Crippen molar-refractivity contribution in [1.29, 1.82) is 0 Å². The van der Waals surface area contributed by atoms with Crippen LogP contribution in [0.25, 0.3) is 11.0 Å². The van der Waals surface area contributed by atoms with Crippen LogP contribution in [0.15, 0.2) is 48.5 Å². The molecule has 1 aromatic heterocycles. The van der Waals surface area contributed by atoms with Gasteiger partial charge in [-0.1, -0.05) is 83.6 Å². The Morgan fingerprint density at radius 1 is 0.862 bits per heavy atom. The normalized spacial score (nSPS) is 11.4. The van der Waals surface area contributed by atoms with Crippen LogP contribution in [-0.4, -0.2) is 9.55 Å². The molecule has 0 amide bonds. The fourth-order valence-electron chi connectivity index (χ4n) is 3.81. The van der Waals surface area contributed by atoms with Crippen LogP contribution in [0.1, 0.15) is 83.0 Å². The number of para-hydroxylation sites is 2. The molecule has 0 N–H and O–H groups in total. The van der Waals surface area contributed by atoms with Crippen molar-refractivity contribution >= 4 is 11.0 Å². The highest BCUT2D eigenvalue weighted by molar-refractivity contribution is 5.75. The molecule has 0 fully saturated rings. The topological polar surface area (TPSA) is 27.1 Å². The SMILES string of the molecule is CCCCCCCCCn1c(COc2ccc(C(C)C)cc2)nc2ccccc21. The number of unbranched alkanes of at least 4 members (excludes halogenated alkanes) is 6. The van der Waals surface area contributed by atoms with Crippen molar-refractivity contribution in [3.63, 3.8) is 0 Å². The van der Waals surface area contributed by atoms with E-state index >= 15 is 0 Å². The molecule has 156 valence electrons. The van der Waals surface area contributed by atoms with Gasteiger partial charge in [0.2, 0.25) is 0 Å². The number of aryl methyl sites for hydroxylation is 1. The summed E-state index contributed by atoms with van der Waals surface area (Å²) >= 11 is 0. The smallest absolute Gasteiger partial charge is 0.147 e. The molecule has 0 unspecified atom stereocenters. The van der Waals surface area contributed by atoms with E-state index in [0.29, 0.717) is 12.5 Å². The number of ether oxygens (including phenoxy) is 1. The van der Waals surface area contributed by atoms with Gasteiger partial charge in [0, 0.05) is 6.54 Å². The summed E-state index contributed by atoms with van der Waals surface area (Å²) < 4.78 is 8.44. The first-order valence-corrected chi connectivity index (χ1v) is 11.4. The Morgan fingerprint density at radius 3 is 2.28 bits per heavy atom. The summed E-state index contributed by atoms with van der Waals surface area (Å²) in [4.78, 5) is 4.85. The molecule has 0 aliphatic rings. The van der Waals surface area contributed by atoms with Gasteiger partial charge in [0.25, 0.3) is 0 Å². The maximum absolute atomic E-state index is 6.09. The first kappa shape index (κ1) is 21.4. The maximum atomic E-state index is 6.09. The van der Waals surface area contributed by atoms with Gasteiger partial charge in [-0.05, 0) is 42.2 Å². The zero-order chi connectivity index (χ0) is 20.5. The summed E-state index contributed by atoms with van der Waals surface area (Å²) in [5, 5.41) is 0. The molecular weight excluding hydrogens is 356 g/mol. The average molecular weight is 393 g/mol. The van der Waals surface area contributed by atoms with Crippen molar-refractivity contribution in [1.82, 2.24) is 9.55 Å². The molecule has 0 saturated heterocycles. The predicted molar refractivity (Wildman–Crippen MR) is 123 cm³/mol. The van der Waals surface area contributed by atoms with Crippen molar-refractivity contribution < 1.29 is 4.74 Å². The van der Waals surface area contributed by atoms with Gasteiger partial charge in [-0.2, -0.15) is 0 Å². The number of imidazole rings is 1. The summed E-state index contributed by atoms with van der Waals surface area (Å²) in [6.45, 7) is 8.21. The Kier molecular flexibility index (Phi) is 8.15. The minimum atomic E-state index is 0.506. The van der Waals surface area contributed by atoms with Crippen LogP contribution in [0.5, 0.6) is 5.75 Å². The van der Waals surface area contributed by atoms with E-state index < -0.39 is 0 Å². The van der Waals surface area contributed by atoms with E-state index in [1.165, 1.54) is 56.0 Å². The summed E-state index contributed by atoms with van der Waals surface area (Å²) in [6, 6.07) is 16.9. The Labute approximate surface area is 176 Å². The zero-order valence-corrected chi connectivity index (χ0v) is 18.4. The fourth-order valence-corrected chi connectivity index (χ4v) is 3.81. The third-order valence-electron chi connectivity index (χ3n) is 5.63. The van der Waals surface area contributed by atoms with Crippen molar-refractivity contribution in [2.24, 2.45) is 0 Å². The Morgan fingerprint density at radius 2 is 1.55 bits per heavy atom. The third-order valence-corrected chi connectivity index (χ3v) is 5.63. The highest BCUT2D eigenvalue weighted by Crippen LogP contribution is 2.22. The maximum Gasteiger partial charge on any atom is 0.147 e. The monoisotopic (exact) mass is 392 g/mol. The molecule has 0 saturated carbocycles. The number of aromatic nitrogens is 2. The van der Waals surface area contributed by atoms with Crippen LogP contribution >= 0.6 is 0 Å². The van der Waals surface area contributed by atoms with E-state index in [0.717, 1.165) is 23.6 Å². The van der Waals surface area contributed by atoms with Crippen molar-refractivity contribution in [2.75, 3.05) is 0 Å². The van der Waals surface area contributed by atoms with Crippen LogP contribution in [0, 0.1) is 0 Å². The van der Waals surface area contributed by atoms with Crippen LogP contribution in [0.2, 0.25) is 0 Å². The molecule has 3 heteroatoms. The van der Waals surface area contributed by atoms with Gasteiger partial charge in [0.1, 0.15) is 18.2 Å². The van der Waals surface area contributed by atoms with Gasteiger partial charge >= 0.3 is 0 Å². The second-order valence-corrected chi connectivity index (χ2v) is 8.30. The molecule has 0 atom stereocenters. The van der Waals surface area contributed by atoms with E-state index in [1.54, 1.807) is 0 Å². The molecule has 0 radical (unpaired) electrons. The fraction of sp³-hybridized carbons (Fsp3) is 0.500. The first-order chi connectivity index (χ1) is 14.2. The minimum Gasteiger partial charge on any atom is -0.486 e. The van der Waals surface area contributed by atoms with E-state index in [4.69, 9.17) is 9.72 Å². The zero-order valence-electron chi connectivity index (χ0n) is 18.4. The lowest BCUT2D eigenvalue weighted by atomic mass is 10.0. The lowest BCUT2D eigenvalue weighted by molar-refractivity contribution is 0.289. The molecule has 0 aliphatic heterocycles. The average Bonchev–Trinajstić information content (AvgIpc) is 3.09. The van der Waals surface area contributed by atoms with Gasteiger partial charge in [-0.25, -0.2) is 4.98 Å². The second-order valence-electron chi connectivity index (χ2n) is 8.30. The molecule has 0 spiro atoms. The number of benzene rings is 2. The summed E-state index contributed by atoms with van der Waals surface area (Å²) in [5.41, 5.74) is 3.61. The molecule has 1 heterocycles. The summed E-state index contributed by atoms with van der Waals surface area (Å²) in [6.07, 6.45) is 9.23. The highest BCUT2D eigenvalue weighted by Gasteiger charge is 2.11. The van der Waals surface area contributed by atoms with Gasteiger partial charge in [-0.15, -0.1) is 0 Å². The number of fused-ring (bicyclic) bond motifs is 1. The molecule has 3 nitrogen and oxygen atoms in total.